The standard InChI is InChI=1S/C18H23FN2O3/c1-4-16-14(18(23)24-3)8-13(21-16)9-20-10-17(22)12-6-5-11(2)15(19)7-12/h5-8,17,20-22H,4,9-10H2,1-3H3. The normalized spacial score (nSPS) is 12.2. The third kappa shape index (κ3) is 4.21. The van der Waals surface area contributed by atoms with Gasteiger partial charge in [0.05, 0.1) is 18.8 Å². The fourth-order valence-corrected chi connectivity index (χ4v) is 2.50. The SMILES string of the molecule is CCc1[nH]c(CNCC(O)c2ccc(C)c(F)c2)cc1C(=O)OC. The summed E-state index contributed by atoms with van der Waals surface area (Å²) >= 11 is 0. The Kier molecular flexibility index (Phi) is 6.11. The van der Waals surface area contributed by atoms with Crippen LogP contribution in [0.4, 0.5) is 4.39 Å². The Balaban J connectivity index is 1.95. The van der Waals surface area contributed by atoms with E-state index >= 15 is 0 Å². The first-order chi connectivity index (χ1) is 11.5. The highest BCUT2D eigenvalue weighted by atomic mass is 19.1. The van der Waals surface area contributed by atoms with E-state index in [1.54, 1.807) is 25.1 Å². The van der Waals surface area contributed by atoms with Crippen LogP contribution in [0.1, 0.15) is 45.9 Å². The lowest BCUT2D eigenvalue weighted by Crippen LogP contribution is -2.21. The van der Waals surface area contributed by atoms with Gasteiger partial charge in [0, 0.05) is 24.5 Å². The number of rotatable bonds is 7. The van der Waals surface area contributed by atoms with E-state index in [0.717, 1.165) is 11.4 Å². The zero-order valence-electron chi connectivity index (χ0n) is 14.1. The zero-order valence-corrected chi connectivity index (χ0v) is 14.1. The van der Waals surface area contributed by atoms with Crippen LogP contribution < -0.4 is 5.32 Å². The smallest absolute Gasteiger partial charge is 0.339 e. The average Bonchev–Trinajstić information content (AvgIpc) is 2.99. The maximum atomic E-state index is 13.5. The van der Waals surface area contributed by atoms with E-state index in [1.807, 2.05) is 6.92 Å². The molecule has 5 nitrogen and oxygen atoms in total. The number of aliphatic hydroxyl groups excluding tert-OH is 1. The van der Waals surface area contributed by atoms with Gasteiger partial charge in [-0.05, 0) is 36.6 Å². The molecule has 0 bridgehead atoms. The van der Waals surface area contributed by atoms with Crippen molar-refractivity contribution in [2.75, 3.05) is 13.7 Å². The highest BCUT2D eigenvalue weighted by molar-refractivity contribution is 5.91. The van der Waals surface area contributed by atoms with Crippen LogP contribution in [0.5, 0.6) is 0 Å². The van der Waals surface area contributed by atoms with Crippen molar-refractivity contribution in [1.82, 2.24) is 10.3 Å². The van der Waals surface area contributed by atoms with Crippen molar-refractivity contribution in [2.45, 2.75) is 32.9 Å². The predicted molar refractivity (Wildman–Crippen MR) is 89.3 cm³/mol. The Morgan fingerprint density at radius 3 is 2.79 bits per heavy atom. The van der Waals surface area contributed by atoms with E-state index in [0.29, 0.717) is 29.7 Å². The van der Waals surface area contributed by atoms with Gasteiger partial charge in [-0.25, -0.2) is 9.18 Å². The minimum absolute atomic E-state index is 0.274. The molecule has 1 unspecified atom stereocenters. The van der Waals surface area contributed by atoms with E-state index < -0.39 is 6.10 Å². The molecule has 1 aromatic heterocycles. The van der Waals surface area contributed by atoms with Crippen LogP contribution in [0, 0.1) is 12.7 Å². The van der Waals surface area contributed by atoms with E-state index in [4.69, 9.17) is 4.74 Å². The van der Waals surface area contributed by atoms with Crippen LogP contribution in [0.3, 0.4) is 0 Å². The number of esters is 1. The summed E-state index contributed by atoms with van der Waals surface area (Å²) < 4.78 is 18.3. The fourth-order valence-electron chi connectivity index (χ4n) is 2.50. The number of halogens is 1. The highest BCUT2D eigenvalue weighted by Crippen LogP contribution is 2.17. The van der Waals surface area contributed by atoms with Crippen LogP contribution in [-0.2, 0) is 17.7 Å². The molecule has 2 rings (SSSR count). The minimum Gasteiger partial charge on any atom is -0.465 e. The molecule has 0 aliphatic carbocycles. The fraction of sp³-hybridized carbons (Fsp3) is 0.389. The predicted octanol–water partition coefficient (Wildman–Crippen LogP) is 2.63. The quantitative estimate of drug-likeness (QED) is 0.681. The van der Waals surface area contributed by atoms with Gasteiger partial charge in [-0.3, -0.25) is 0 Å². The molecule has 0 aliphatic heterocycles. The van der Waals surface area contributed by atoms with Crippen molar-refractivity contribution in [3.05, 3.63) is 58.2 Å². The first-order valence-electron chi connectivity index (χ1n) is 7.90. The molecule has 0 radical (unpaired) electrons. The van der Waals surface area contributed by atoms with Crippen molar-refractivity contribution < 1.29 is 19.0 Å². The maximum Gasteiger partial charge on any atom is 0.339 e. The van der Waals surface area contributed by atoms with E-state index in [2.05, 4.69) is 10.3 Å². The molecule has 0 saturated heterocycles. The molecule has 0 amide bonds. The molecular formula is C18H23FN2O3. The van der Waals surface area contributed by atoms with Crippen molar-refractivity contribution in [3.63, 3.8) is 0 Å². The van der Waals surface area contributed by atoms with Gasteiger partial charge in [0.15, 0.2) is 0 Å². The number of methoxy groups -OCH3 is 1. The largest absolute Gasteiger partial charge is 0.465 e. The van der Waals surface area contributed by atoms with Crippen molar-refractivity contribution in [2.24, 2.45) is 0 Å². The number of nitrogens with one attached hydrogen (secondary N) is 2. The van der Waals surface area contributed by atoms with Crippen molar-refractivity contribution in [3.8, 4) is 0 Å². The zero-order chi connectivity index (χ0) is 17.7. The lowest BCUT2D eigenvalue weighted by molar-refractivity contribution is 0.0599. The van der Waals surface area contributed by atoms with E-state index in [1.165, 1.54) is 13.2 Å². The summed E-state index contributed by atoms with van der Waals surface area (Å²) in [7, 11) is 1.35. The minimum atomic E-state index is -0.805. The van der Waals surface area contributed by atoms with Crippen LogP contribution in [0.25, 0.3) is 0 Å². The first kappa shape index (κ1) is 18.2. The third-order valence-electron chi connectivity index (χ3n) is 3.95. The van der Waals surface area contributed by atoms with Crippen LogP contribution >= 0.6 is 0 Å². The van der Waals surface area contributed by atoms with Gasteiger partial charge in [0.2, 0.25) is 0 Å². The number of carbonyl (C=O) groups is 1. The number of benzene rings is 1. The number of ether oxygens (including phenoxy) is 1. The Morgan fingerprint density at radius 2 is 2.17 bits per heavy atom. The second-order valence-corrected chi connectivity index (χ2v) is 5.69. The number of carbonyl (C=O) groups excluding carboxylic acids is 1. The molecule has 0 fully saturated rings. The average molecular weight is 334 g/mol. The Morgan fingerprint density at radius 1 is 1.42 bits per heavy atom. The molecule has 0 aliphatic rings. The molecule has 130 valence electrons. The number of H-pyrrole nitrogens is 1. The number of aliphatic hydroxyl groups is 1. The monoisotopic (exact) mass is 334 g/mol. The molecule has 2 aromatic rings. The number of aromatic amines is 1. The van der Waals surface area contributed by atoms with E-state index in [-0.39, 0.29) is 18.3 Å². The molecule has 1 heterocycles. The van der Waals surface area contributed by atoms with Crippen molar-refractivity contribution >= 4 is 5.97 Å². The maximum absolute atomic E-state index is 13.5. The Labute approximate surface area is 140 Å². The summed E-state index contributed by atoms with van der Waals surface area (Å²) in [6.07, 6.45) is -0.115. The lowest BCUT2D eigenvalue weighted by Gasteiger charge is -2.12. The third-order valence-corrected chi connectivity index (χ3v) is 3.95. The van der Waals surface area contributed by atoms with Gasteiger partial charge in [0.1, 0.15) is 5.82 Å². The highest BCUT2D eigenvalue weighted by Gasteiger charge is 2.15. The summed E-state index contributed by atoms with van der Waals surface area (Å²) in [4.78, 5) is 14.9. The molecule has 6 heteroatoms. The van der Waals surface area contributed by atoms with Crippen LogP contribution in [-0.4, -0.2) is 29.7 Å². The number of aryl methyl sites for hydroxylation is 2. The summed E-state index contributed by atoms with van der Waals surface area (Å²) in [5, 5.41) is 13.2. The Bertz CT molecular complexity index is 712. The van der Waals surface area contributed by atoms with Crippen LogP contribution in [0.15, 0.2) is 24.3 Å². The summed E-state index contributed by atoms with van der Waals surface area (Å²) in [6, 6.07) is 6.45. The molecule has 0 spiro atoms. The summed E-state index contributed by atoms with van der Waals surface area (Å²) in [6.45, 7) is 4.36. The Hall–Kier alpha value is -2.18. The van der Waals surface area contributed by atoms with Gasteiger partial charge in [-0.1, -0.05) is 19.1 Å². The van der Waals surface area contributed by atoms with Gasteiger partial charge < -0.3 is 20.1 Å². The molecule has 1 aromatic carbocycles. The first-order valence-corrected chi connectivity index (χ1v) is 7.90. The topological polar surface area (TPSA) is 74.4 Å². The molecule has 24 heavy (non-hydrogen) atoms. The van der Waals surface area contributed by atoms with Gasteiger partial charge in [0.25, 0.3) is 0 Å². The molecule has 1 atom stereocenters. The number of hydrogen-bond donors (Lipinski definition) is 3. The van der Waals surface area contributed by atoms with Gasteiger partial charge in [-0.15, -0.1) is 0 Å². The molecule has 0 saturated carbocycles. The number of aromatic nitrogens is 1. The van der Waals surface area contributed by atoms with Gasteiger partial charge in [-0.2, -0.15) is 0 Å². The lowest BCUT2D eigenvalue weighted by atomic mass is 10.1. The summed E-state index contributed by atoms with van der Waals surface area (Å²) in [5.41, 5.74) is 3.25. The second kappa shape index (κ2) is 8.08. The molecule has 3 N–H and O–H groups in total. The van der Waals surface area contributed by atoms with Crippen LogP contribution in [0.2, 0.25) is 0 Å². The summed E-state index contributed by atoms with van der Waals surface area (Å²) in [5.74, 6) is -0.698. The second-order valence-electron chi connectivity index (χ2n) is 5.69. The van der Waals surface area contributed by atoms with Gasteiger partial charge >= 0.3 is 5.97 Å². The van der Waals surface area contributed by atoms with E-state index in [9.17, 15) is 14.3 Å². The number of hydrogen-bond acceptors (Lipinski definition) is 4. The molecular weight excluding hydrogens is 311 g/mol. The van der Waals surface area contributed by atoms with Crippen molar-refractivity contribution in [1.29, 1.82) is 0 Å².